The Morgan fingerprint density at radius 3 is 2.73 bits per heavy atom. The van der Waals surface area contributed by atoms with Gasteiger partial charge in [0.25, 0.3) is 0 Å². The SMILES string of the molecule is CC(C)CC1[C@@H](C)C/C=C/[C@H](O)[C@@H]2CC[C@H]2CN2C[C@@]3(CCCc4cc(Cl)ccc43)CCc3ccc(cc32)COCNS1(=O)=O. The monoisotopic (exact) mass is 654 g/mol. The number of fused-ring (bicyclic) bond motifs is 4. The van der Waals surface area contributed by atoms with Gasteiger partial charge in [-0.15, -0.1) is 0 Å². The second-order valence-corrected chi connectivity index (χ2v) is 17.2. The number of ether oxygens (including phenoxy) is 1. The van der Waals surface area contributed by atoms with Crippen molar-refractivity contribution in [2.75, 3.05) is 24.7 Å². The molecule has 2 aliphatic heterocycles. The predicted molar refractivity (Wildman–Crippen MR) is 183 cm³/mol. The number of aryl methyl sites for hydroxylation is 2. The molecule has 0 amide bonds. The number of aliphatic hydroxyl groups excluding tert-OH is 1. The first-order chi connectivity index (χ1) is 21.5. The van der Waals surface area contributed by atoms with E-state index in [0.29, 0.717) is 25.4 Å². The minimum absolute atomic E-state index is 0.0504. The van der Waals surface area contributed by atoms with Crippen molar-refractivity contribution in [1.82, 2.24) is 4.72 Å². The first kappa shape index (κ1) is 33.0. The number of allylic oxidation sites excluding steroid dienone is 1. The smallest absolute Gasteiger partial charge is 0.216 e. The predicted octanol–water partition coefficient (Wildman–Crippen LogP) is 7.16. The van der Waals surface area contributed by atoms with E-state index in [-0.39, 0.29) is 29.9 Å². The average Bonchev–Trinajstić information content (AvgIpc) is 3.12. The molecule has 1 saturated carbocycles. The van der Waals surface area contributed by atoms with Gasteiger partial charge in [0.05, 0.1) is 18.0 Å². The number of nitrogens with one attached hydrogen (secondary N) is 1. The summed E-state index contributed by atoms with van der Waals surface area (Å²) in [5, 5.41) is 11.6. The molecule has 0 aromatic heterocycles. The Hall–Kier alpha value is -1.90. The molecule has 4 aliphatic rings. The Bertz CT molecular complexity index is 1490. The van der Waals surface area contributed by atoms with Gasteiger partial charge in [-0.2, -0.15) is 4.72 Å². The molecular formula is C37H51ClN2O4S. The number of nitrogens with zero attached hydrogens (tertiary/aromatic N) is 1. The van der Waals surface area contributed by atoms with Gasteiger partial charge in [-0.1, -0.05) is 62.7 Å². The van der Waals surface area contributed by atoms with Gasteiger partial charge in [0.2, 0.25) is 10.0 Å². The molecule has 0 saturated heterocycles. The normalized spacial score (nSPS) is 32.8. The Kier molecular flexibility index (Phi) is 10.0. The van der Waals surface area contributed by atoms with Crippen LogP contribution in [0.5, 0.6) is 0 Å². The Balaban J connectivity index is 1.32. The van der Waals surface area contributed by atoms with Crippen LogP contribution >= 0.6 is 11.6 Å². The van der Waals surface area contributed by atoms with Crippen LogP contribution in [0.25, 0.3) is 0 Å². The summed E-state index contributed by atoms with van der Waals surface area (Å²) in [6, 6.07) is 13.2. The number of rotatable bonds is 2. The van der Waals surface area contributed by atoms with Gasteiger partial charge in [0.1, 0.15) is 6.73 Å². The Morgan fingerprint density at radius 2 is 1.96 bits per heavy atom. The molecular weight excluding hydrogens is 604 g/mol. The first-order valence-corrected chi connectivity index (χ1v) is 19.0. The standard InChI is InChI=1S/C37H51ClN2O4S/c1-25(2)18-36-26(3)6-4-8-35(41)32-13-11-30(32)21-40-23-37(16-5-7-29-20-31(38)12-14-33(29)37)17-15-28-10-9-27(19-34(28)40)22-44-24-39-45(36,42)43/h4,8-10,12,14,19-20,25-26,30,32,35-36,39,41H,5-7,11,13,15-18,21-24H2,1-3H3/b8-4+/t26-,30-,32+,35-,36?,37+/m0/s1. The van der Waals surface area contributed by atoms with Crippen LogP contribution in [0.15, 0.2) is 48.6 Å². The fourth-order valence-corrected chi connectivity index (χ4v) is 10.6. The van der Waals surface area contributed by atoms with Crippen LogP contribution in [0, 0.1) is 23.7 Å². The maximum absolute atomic E-state index is 13.4. The van der Waals surface area contributed by atoms with E-state index in [4.69, 9.17) is 16.3 Å². The molecule has 0 radical (unpaired) electrons. The number of hydrogen-bond acceptors (Lipinski definition) is 5. The van der Waals surface area contributed by atoms with Crippen molar-refractivity contribution >= 4 is 27.3 Å². The lowest BCUT2D eigenvalue weighted by molar-refractivity contribution is 0.0456. The number of hydrogen-bond donors (Lipinski definition) is 2. The highest BCUT2D eigenvalue weighted by atomic mass is 35.5. The van der Waals surface area contributed by atoms with Crippen molar-refractivity contribution in [1.29, 1.82) is 0 Å². The minimum atomic E-state index is -3.58. The molecule has 2 aromatic carbocycles. The van der Waals surface area contributed by atoms with Crippen LogP contribution in [0.1, 0.15) is 88.0 Å². The van der Waals surface area contributed by atoms with Gasteiger partial charge >= 0.3 is 0 Å². The molecule has 2 N–H and O–H groups in total. The summed E-state index contributed by atoms with van der Waals surface area (Å²) in [7, 11) is -3.58. The van der Waals surface area contributed by atoms with Crippen molar-refractivity contribution in [3.63, 3.8) is 0 Å². The molecule has 6 nitrogen and oxygen atoms in total. The quantitative estimate of drug-likeness (QED) is 0.336. The van der Waals surface area contributed by atoms with Crippen LogP contribution in [0.4, 0.5) is 5.69 Å². The molecule has 2 aromatic rings. The third-order valence-electron chi connectivity index (χ3n) is 11.2. The van der Waals surface area contributed by atoms with Crippen LogP contribution in [-0.2, 0) is 39.6 Å². The van der Waals surface area contributed by atoms with Crippen LogP contribution in [-0.4, -0.2) is 44.7 Å². The van der Waals surface area contributed by atoms with Gasteiger partial charge in [-0.05, 0) is 122 Å². The van der Waals surface area contributed by atoms with Gasteiger partial charge in [0.15, 0.2) is 0 Å². The van der Waals surface area contributed by atoms with E-state index in [9.17, 15) is 13.5 Å². The van der Waals surface area contributed by atoms with Crippen molar-refractivity contribution in [3.05, 3.63) is 75.8 Å². The van der Waals surface area contributed by atoms with E-state index < -0.39 is 21.4 Å². The van der Waals surface area contributed by atoms with Crippen molar-refractivity contribution in [3.8, 4) is 0 Å². The van der Waals surface area contributed by atoms with Crippen molar-refractivity contribution in [2.45, 2.75) is 102 Å². The third kappa shape index (κ3) is 7.18. The van der Waals surface area contributed by atoms with Crippen LogP contribution in [0.2, 0.25) is 5.02 Å². The number of benzene rings is 2. The molecule has 6 atom stereocenters. The number of aliphatic hydroxyl groups is 1. The lowest BCUT2D eigenvalue weighted by Crippen LogP contribution is -2.48. The van der Waals surface area contributed by atoms with Gasteiger partial charge < -0.3 is 14.7 Å². The fourth-order valence-electron chi connectivity index (χ4n) is 8.54. The minimum Gasteiger partial charge on any atom is -0.389 e. The lowest BCUT2D eigenvalue weighted by atomic mass is 9.66. The second kappa shape index (κ2) is 13.7. The van der Waals surface area contributed by atoms with E-state index in [2.05, 4.69) is 59.9 Å². The second-order valence-electron chi connectivity index (χ2n) is 14.8. The summed E-state index contributed by atoms with van der Waals surface area (Å²) in [6.07, 6.45) is 12.3. The molecule has 1 spiro atoms. The van der Waals surface area contributed by atoms with Crippen molar-refractivity contribution < 1.29 is 18.3 Å². The summed E-state index contributed by atoms with van der Waals surface area (Å²) in [6.45, 7) is 8.29. The molecule has 246 valence electrons. The fraction of sp³-hybridized carbons (Fsp3) is 0.622. The van der Waals surface area contributed by atoms with E-state index in [0.717, 1.165) is 62.2 Å². The van der Waals surface area contributed by atoms with Gasteiger partial charge in [0, 0.05) is 29.2 Å². The number of halogens is 1. The van der Waals surface area contributed by atoms with E-state index in [1.165, 1.54) is 28.8 Å². The zero-order chi connectivity index (χ0) is 31.8. The average molecular weight is 655 g/mol. The van der Waals surface area contributed by atoms with E-state index >= 15 is 0 Å². The van der Waals surface area contributed by atoms with Gasteiger partial charge in [-0.3, -0.25) is 0 Å². The van der Waals surface area contributed by atoms with Crippen LogP contribution < -0.4 is 9.62 Å². The highest BCUT2D eigenvalue weighted by Crippen LogP contribution is 2.47. The molecule has 45 heavy (non-hydrogen) atoms. The number of anilines is 1. The summed E-state index contributed by atoms with van der Waals surface area (Å²) in [5.41, 5.74) is 6.57. The Labute approximate surface area is 275 Å². The number of sulfonamides is 1. The third-order valence-corrected chi connectivity index (χ3v) is 13.4. The summed E-state index contributed by atoms with van der Waals surface area (Å²) >= 11 is 6.46. The molecule has 2 aliphatic carbocycles. The lowest BCUT2D eigenvalue weighted by Gasteiger charge is -2.46. The summed E-state index contributed by atoms with van der Waals surface area (Å²) in [4.78, 5) is 2.62. The molecule has 2 bridgehead atoms. The molecule has 1 fully saturated rings. The maximum atomic E-state index is 13.4. The molecule has 8 heteroatoms. The Morgan fingerprint density at radius 1 is 1.11 bits per heavy atom. The molecule has 2 heterocycles. The van der Waals surface area contributed by atoms with Crippen molar-refractivity contribution in [2.24, 2.45) is 23.7 Å². The largest absolute Gasteiger partial charge is 0.389 e. The summed E-state index contributed by atoms with van der Waals surface area (Å²) < 4.78 is 35.6. The highest BCUT2D eigenvalue weighted by Gasteiger charge is 2.43. The van der Waals surface area contributed by atoms with Crippen LogP contribution in [0.3, 0.4) is 0 Å². The molecule has 1 unspecified atom stereocenters. The zero-order valence-corrected chi connectivity index (χ0v) is 28.8. The summed E-state index contributed by atoms with van der Waals surface area (Å²) in [5.74, 6) is 0.773. The topological polar surface area (TPSA) is 78.9 Å². The highest BCUT2D eigenvalue weighted by molar-refractivity contribution is 7.90. The maximum Gasteiger partial charge on any atom is 0.216 e. The van der Waals surface area contributed by atoms with E-state index in [1.54, 1.807) is 0 Å². The van der Waals surface area contributed by atoms with E-state index in [1.807, 2.05) is 19.1 Å². The first-order valence-electron chi connectivity index (χ1n) is 17.1. The van der Waals surface area contributed by atoms with Gasteiger partial charge in [-0.25, -0.2) is 8.42 Å². The zero-order valence-electron chi connectivity index (χ0n) is 27.2. The molecule has 6 rings (SSSR count).